The summed E-state index contributed by atoms with van der Waals surface area (Å²) in [4.78, 5) is 28.2. The first-order valence-electron chi connectivity index (χ1n) is 9.61. The van der Waals surface area contributed by atoms with E-state index in [0.29, 0.717) is 13.2 Å². The van der Waals surface area contributed by atoms with Crippen LogP contribution >= 0.6 is 11.3 Å². The van der Waals surface area contributed by atoms with Gasteiger partial charge in [0.15, 0.2) is 0 Å². The van der Waals surface area contributed by atoms with Crippen LogP contribution in [0, 0.1) is 0 Å². The normalized spacial score (nSPS) is 21.7. The van der Waals surface area contributed by atoms with Gasteiger partial charge >= 0.3 is 11.8 Å². The largest absolute Gasteiger partial charge is 0.379 e. The molecule has 2 heterocycles. The number of hydrogen-bond donors (Lipinski definition) is 2. The third kappa shape index (κ3) is 5.05. The van der Waals surface area contributed by atoms with Gasteiger partial charge in [-0.1, -0.05) is 25.3 Å². The van der Waals surface area contributed by atoms with Crippen molar-refractivity contribution >= 4 is 23.2 Å². The molecule has 0 radical (unpaired) electrons. The summed E-state index contributed by atoms with van der Waals surface area (Å²) in [5.74, 6) is -1.03. The third-order valence-electron chi connectivity index (χ3n) is 5.25. The molecule has 1 aliphatic carbocycles. The van der Waals surface area contributed by atoms with Crippen molar-refractivity contribution < 1.29 is 14.3 Å². The van der Waals surface area contributed by atoms with Crippen LogP contribution < -0.4 is 10.6 Å². The Morgan fingerprint density at radius 3 is 2.58 bits per heavy atom. The fourth-order valence-electron chi connectivity index (χ4n) is 3.91. The second-order valence-electron chi connectivity index (χ2n) is 7.18. The van der Waals surface area contributed by atoms with Crippen LogP contribution in [-0.2, 0) is 14.3 Å². The van der Waals surface area contributed by atoms with E-state index in [1.165, 1.54) is 11.3 Å². The zero-order valence-corrected chi connectivity index (χ0v) is 16.2. The summed E-state index contributed by atoms with van der Waals surface area (Å²) >= 11 is 1.68. The molecule has 0 spiro atoms. The van der Waals surface area contributed by atoms with Gasteiger partial charge in [-0.05, 0) is 31.2 Å². The fourth-order valence-corrected chi connectivity index (χ4v) is 4.87. The van der Waals surface area contributed by atoms with Gasteiger partial charge < -0.3 is 15.4 Å². The number of ether oxygens (including phenoxy) is 1. The number of nitrogens with zero attached hydrogens (tertiary/aromatic N) is 1. The van der Waals surface area contributed by atoms with Crippen LogP contribution in [0.2, 0.25) is 0 Å². The van der Waals surface area contributed by atoms with Crippen molar-refractivity contribution in [3.8, 4) is 0 Å². The van der Waals surface area contributed by atoms with Gasteiger partial charge in [0.25, 0.3) is 0 Å². The standard InChI is InChI=1S/C19H29N3O3S/c1-14(20-18(23)19(24)21-15-6-3-2-4-7-15)17(16-8-5-13-26-16)22-9-11-25-12-10-22/h5,8,13-15,17H,2-4,6-7,9-12H2,1H3,(H,20,23)(H,21,24)/t14-,17+/m0/s1. The molecule has 1 aliphatic heterocycles. The van der Waals surface area contributed by atoms with Gasteiger partial charge in [-0.25, -0.2) is 0 Å². The van der Waals surface area contributed by atoms with Gasteiger partial charge in [-0.15, -0.1) is 11.3 Å². The minimum Gasteiger partial charge on any atom is -0.379 e. The Kier molecular flexibility index (Phi) is 7.05. The lowest BCUT2D eigenvalue weighted by Gasteiger charge is -2.37. The molecule has 26 heavy (non-hydrogen) atoms. The first-order valence-corrected chi connectivity index (χ1v) is 10.5. The van der Waals surface area contributed by atoms with E-state index in [9.17, 15) is 9.59 Å². The minimum absolute atomic E-state index is 0.0605. The van der Waals surface area contributed by atoms with Crippen molar-refractivity contribution in [3.05, 3.63) is 22.4 Å². The van der Waals surface area contributed by atoms with Gasteiger partial charge in [0.2, 0.25) is 0 Å². The molecule has 1 saturated heterocycles. The molecule has 2 fully saturated rings. The Labute approximate surface area is 159 Å². The van der Waals surface area contributed by atoms with Crippen LogP contribution in [0.15, 0.2) is 17.5 Å². The van der Waals surface area contributed by atoms with Crippen molar-refractivity contribution in [1.29, 1.82) is 0 Å². The summed E-state index contributed by atoms with van der Waals surface area (Å²) < 4.78 is 5.46. The summed E-state index contributed by atoms with van der Waals surface area (Å²) in [6, 6.07) is 4.17. The maximum atomic E-state index is 12.4. The average molecular weight is 380 g/mol. The highest BCUT2D eigenvalue weighted by atomic mass is 32.1. The number of carbonyl (C=O) groups is 2. The lowest BCUT2D eigenvalue weighted by atomic mass is 9.95. The molecule has 0 aromatic carbocycles. The number of nitrogens with one attached hydrogen (secondary N) is 2. The van der Waals surface area contributed by atoms with Crippen LogP contribution in [0.1, 0.15) is 49.9 Å². The highest BCUT2D eigenvalue weighted by Gasteiger charge is 2.31. The Bertz CT molecular complexity index is 581. The molecule has 6 nitrogen and oxygen atoms in total. The first kappa shape index (κ1) is 19.3. The average Bonchev–Trinajstić information content (AvgIpc) is 3.17. The number of carbonyl (C=O) groups excluding carboxylic acids is 2. The van der Waals surface area contributed by atoms with Crippen molar-refractivity contribution in [2.24, 2.45) is 0 Å². The molecule has 1 saturated carbocycles. The van der Waals surface area contributed by atoms with Gasteiger partial charge in [-0.2, -0.15) is 0 Å². The Balaban J connectivity index is 1.60. The van der Waals surface area contributed by atoms with E-state index in [4.69, 9.17) is 4.74 Å². The van der Waals surface area contributed by atoms with E-state index < -0.39 is 11.8 Å². The summed E-state index contributed by atoms with van der Waals surface area (Å²) in [5, 5.41) is 7.87. The van der Waals surface area contributed by atoms with E-state index in [-0.39, 0.29) is 18.1 Å². The molecule has 144 valence electrons. The molecule has 2 N–H and O–H groups in total. The predicted octanol–water partition coefficient (Wildman–Crippen LogP) is 2.07. The lowest BCUT2D eigenvalue weighted by molar-refractivity contribution is -0.140. The number of morpholine rings is 1. The molecule has 3 rings (SSSR count). The zero-order valence-electron chi connectivity index (χ0n) is 15.4. The highest BCUT2D eigenvalue weighted by molar-refractivity contribution is 7.10. The molecular formula is C19H29N3O3S. The molecular weight excluding hydrogens is 350 g/mol. The van der Waals surface area contributed by atoms with Gasteiger partial charge in [-0.3, -0.25) is 14.5 Å². The summed E-state index contributed by atoms with van der Waals surface area (Å²) in [6.45, 7) is 5.04. The monoisotopic (exact) mass is 379 g/mol. The van der Waals surface area contributed by atoms with Crippen LogP contribution in [-0.4, -0.2) is 55.1 Å². The van der Waals surface area contributed by atoms with Crippen molar-refractivity contribution in [1.82, 2.24) is 15.5 Å². The molecule has 0 unspecified atom stereocenters. The van der Waals surface area contributed by atoms with E-state index in [0.717, 1.165) is 38.8 Å². The third-order valence-corrected chi connectivity index (χ3v) is 6.20. The second-order valence-corrected chi connectivity index (χ2v) is 8.16. The molecule has 2 amide bonds. The first-order chi connectivity index (χ1) is 12.6. The molecule has 0 bridgehead atoms. The zero-order chi connectivity index (χ0) is 18.4. The van der Waals surface area contributed by atoms with E-state index in [2.05, 4.69) is 21.6 Å². The summed E-state index contributed by atoms with van der Waals surface area (Å²) in [5.41, 5.74) is 0. The summed E-state index contributed by atoms with van der Waals surface area (Å²) in [6.07, 6.45) is 5.42. The van der Waals surface area contributed by atoms with E-state index in [1.54, 1.807) is 11.3 Å². The molecule has 2 atom stereocenters. The highest BCUT2D eigenvalue weighted by Crippen LogP contribution is 2.29. The maximum absolute atomic E-state index is 12.4. The Hall–Kier alpha value is -1.44. The van der Waals surface area contributed by atoms with Crippen LogP contribution in [0.25, 0.3) is 0 Å². The summed E-state index contributed by atoms with van der Waals surface area (Å²) in [7, 11) is 0. The molecule has 2 aliphatic rings. The topological polar surface area (TPSA) is 70.7 Å². The Morgan fingerprint density at radius 1 is 1.19 bits per heavy atom. The predicted molar refractivity (Wildman–Crippen MR) is 102 cm³/mol. The van der Waals surface area contributed by atoms with Crippen molar-refractivity contribution in [2.75, 3.05) is 26.3 Å². The fraction of sp³-hybridized carbons (Fsp3) is 0.684. The second kappa shape index (κ2) is 9.48. The van der Waals surface area contributed by atoms with Crippen LogP contribution in [0.4, 0.5) is 0 Å². The van der Waals surface area contributed by atoms with E-state index >= 15 is 0 Å². The van der Waals surface area contributed by atoms with Gasteiger partial charge in [0.05, 0.1) is 19.3 Å². The maximum Gasteiger partial charge on any atom is 0.309 e. The number of hydrogen-bond acceptors (Lipinski definition) is 5. The number of amides is 2. The molecule has 1 aromatic heterocycles. The number of rotatable bonds is 5. The minimum atomic E-state index is -0.530. The quantitative estimate of drug-likeness (QED) is 0.769. The van der Waals surface area contributed by atoms with Crippen molar-refractivity contribution in [2.45, 2.75) is 57.2 Å². The van der Waals surface area contributed by atoms with Crippen molar-refractivity contribution in [3.63, 3.8) is 0 Å². The smallest absolute Gasteiger partial charge is 0.309 e. The van der Waals surface area contributed by atoms with Gasteiger partial charge in [0, 0.05) is 30.1 Å². The van der Waals surface area contributed by atoms with Crippen LogP contribution in [0.5, 0.6) is 0 Å². The van der Waals surface area contributed by atoms with Crippen LogP contribution in [0.3, 0.4) is 0 Å². The Morgan fingerprint density at radius 2 is 1.92 bits per heavy atom. The number of thiophene rings is 1. The SMILES string of the molecule is C[C@H](NC(=O)C(=O)NC1CCCCC1)[C@H](c1cccs1)N1CCOCC1. The molecule has 1 aromatic rings. The lowest BCUT2D eigenvalue weighted by Crippen LogP contribution is -2.52. The molecule has 7 heteroatoms. The van der Waals surface area contributed by atoms with Gasteiger partial charge in [0.1, 0.15) is 0 Å². The van der Waals surface area contributed by atoms with E-state index in [1.807, 2.05) is 18.4 Å².